The van der Waals surface area contributed by atoms with Gasteiger partial charge in [0.25, 0.3) is 0 Å². The van der Waals surface area contributed by atoms with Crippen LogP contribution in [0.4, 0.5) is 0 Å². The van der Waals surface area contributed by atoms with Gasteiger partial charge >= 0.3 is 5.97 Å². The zero-order valence-corrected chi connectivity index (χ0v) is 16.0. The molecule has 0 N–H and O–H groups in total. The fraction of sp³-hybridized carbons (Fsp3) is 0.571. The first-order valence-corrected chi connectivity index (χ1v) is 9.75. The highest BCUT2D eigenvalue weighted by Crippen LogP contribution is 2.31. The van der Waals surface area contributed by atoms with Crippen molar-refractivity contribution < 1.29 is 23.7 Å². The number of methoxy groups -OCH3 is 1. The lowest BCUT2D eigenvalue weighted by Crippen LogP contribution is -2.37. The van der Waals surface area contributed by atoms with Crippen molar-refractivity contribution in [1.82, 2.24) is 4.90 Å². The molecule has 1 aromatic rings. The molecule has 0 aromatic heterocycles. The molecular weight excluding hydrogens is 346 g/mol. The number of hydrogen-bond donors (Lipinski definition) is 0. The summed E-state index contributed by atoms with van der Waals surface area (Å²) >= 11 is 0. The standard InChI is InChI=1S/C21H29NO5/c1-24-21(23)17-8-9-19(27-18-6-3-2-4-7-18)20(16-17)26-13-5-10-22-11-14-25-15-12-22/h3,6,8-9,16,18H,2,4-5,7,10-15H2,1H3. The first-order valence-electron chi connectivity index (χ1n) is 9.75. The third kappa shape index (κ3) is 5.97. The van der Waals surface area contributed by atoms with E-state index in [0.29, 0.717) is 23.7 Å². The topological polar surface area (TPSA) is 57.2 Å². The van der Waals surface area contributed by atoms with Gasteiger partial charge in [0.05, 0.1) is 32.5 Å². The average Bonchev–Trinajstić information content (AvgIpc) is 2.73. The van der Waals surface area contributed by atoms with E-state index in [2.05, 4.69) is 17.1 Å². The van der Waals surface area contributed by atoms with E-state index in [-0.39, 0.29) is 12.1 Å². The number of rotatable bonds is 8. The van der Waals surface area contributed by atoms with Crippen LogP contribution in [0.2, 0.25) is 0 Å². The third-order valence-electron chi connectivity index (χ3n) is 4.83. The first-order chi connectivity index (χ1) is 13.3. The predicted octanol–water partition coefficient (Wildman–Crippen LogP) is 3.06. The summed E-state index contributed by atoms with van der Waals surface area (Å²) in [5.74, 6) is 0.890. The van der Waals surface area contributed by atoms with Crippen LogP contribution in [0.1, 0.15) is 36.0 Å². The molecule has 1 aliphatic heterocycles. The molecule has 3 rings (SSSR count). The summed E-state index contributed by atoms with van der Waals surface area (Å²) in [6.45, 7) is 5.09. The number of esters is 1. The molecule has 1 aromatic carbocycles. The van der Waals surface area contributed by atoms with Crippen molar-refractivity contribution in [3.05, 3.63) is 35.9 Å². The Morgan fingerprint density at radius 1 is 1.26 bits per heavy atom. The van der Waals surface area contributed by atoms with Crippen LogP contribution in [0, 0.1) is 0 Å². The lowest BCUT2D eigenvalue weighted by Gasteiger charge is -2.26. The molecule has 1 fully saturated rings. The highest BCUT2D eigenvalue weighted by Gasteiger charge is 2.17. The van der Waals surface area contributed by atoms with Gasteiger partial charge in [-0.15, -0.1) is 0 Å². The average molecular weight is 375 g/mol. The second-order valence-corrected chi connectivity index (χ2v) is 6.82. The van der Waals surface area contributed by atoms with Gasteiger partial charge in [-0.1, -0.05) is 6.08 Å². The molecule has 2 aliphatic rings. The lowest BCUT2D eigenvalue weighted by molar-refractivity contribution is 0.0357. The summed E-state index contributed by atoms with van der Waals surface area (Å²) in [7, 11) is 1.38. The van der Waals surface area contributed by atoms with Crippen LogP contribution >= 0.6 is 0 Å². The summed E-state index contributed by atoms with van der Waals surface area (Å²) < 4.78 is 22.3. The Morgan fingerprint density at radius 2 is 2.11 bits per heavy atom. The molecule has 0 spiro atoms. The summed E-state index contributed by atoms with van der Waals surface area (Å²) in [4.78, 5) is 14.2. The van der Waals surface area contributed by atoms with Crippen LogP contribution in [0.5, 0.6) is 11.5 Å². The Labute approximate surface area is 161 Å². The maximum Gasteiger partial charge on any atom is 0.337 e. The van der Waals surface area contributed by atoms with Crippen LogP contribution in [0.3, 0.4) is 0 Å². The zero-order chi connectivity index (χ0) is 18.9. The smallest absolute Gasteiger partial charge is 0.337 e. The maximum atomic E-state index is 11.9. The van der Waals surface area contributed by atoms with E-state index in [1.165, 1.54) is 7.11 Å². The zero-order valence-electron chi connectivity index (χ0n) is 16.0. The van der Waals surface area contributed by atoms with Crippen LogP contribution < -0.4 is 9.47 Å². The van der Waals surface area contributed by atoms with E-state index in [4.69, 9.17) is 18.9 Å². The second kappa shape index (κ2) is 10.3. The van der Waals surface area contributed by atoms with Gasteiger partial charge < -0.3 is 18.9 Å². The van der Waals surface area contributed by atoms with Gasteiger partial charge in [-0.05, 0) is 50.0 Å². The highest BCUT2D eigenvalue weighted by molar-refractivity contribution is 5.90. The van der Waals surface area contributed by atoms with E-state index in [1.54, 1.807) is 18.2 Å². The van der Waals surface area contributed by atoms with Crippen LogP contribution in [-0.2, 0) is 9.47 Å². The van der Waals surface area contributed by atoms with Crippen molar-refractivity contribution in [2.24, 2.45) is 0 Å². The van der Waals surface area contributed by atoms with Crippen molar-refractivity contribution in [2.45, 2.75) is 31.8 Å². The molecule has 0 bridgehead atoms. The molecule has 1 atom stereocenters. The van der Waals surface area contributed by atoms with E-state index < -0.39 is 0 Å². The fourth-order valence-electron chi connectivity index (χ4n) is 3.30. The molecule has 1 saturated heterocycles. The van der Waals surface area contributed by atoms with Gasteiger partial charge in [0.2, 0.25) is 0 Å². The maximum absolute atomic E-state index is 11.9. The molecular formula is C21H29NO5. The molecule has 0 saturated carbocycles. The van der Waals surface area contributed by atoms with E-state index in [0.717, 1.165) is 58.5 Å². The van der Waals surface area contributed by atoms with E-state index in [1.807, 2.05) is 0 Å². The molecule has 148 valence electrons. The number of hydrogen-bond acceptors (Lipinski definition) is 6. The van der Waals surface area contributed by atoms with Gasteiger partial charge in [0.1, 0.15) is 6.10 Å². The Morgan fingerprint density at radius 3 is 2.85 bits per heavy atom. The second-order valence-electron chi connectivity index (χ2n) is 6.82. The SMILES string of the molecule is COC(=O)c1ccc(OC2C=CCCC2)c(OCCCN2CCOCC2)c1. The summed E-state index contributed by atoms with van der Waals surface area (Å²) in [6, 6.07) is 5.22. The Hall–Kier alpha value is -2.05. The number of carbonyl (C=O) groups is 1. The van der Waals surface area contributed by atoms with Crippen molar-refractivity contribution in [1.29, 1.82) is 0 Å². The Bertz CT molecular complexity index is 639. The highest BCUT2D eigenvalue weighted by atomic mass is 16.5. The number of morpholine rings is 1. The molecule has 0 amide bonds. The number of benzene rings is 1. The Kier molecular flexibility index (Phi) is 7.54. The molecule has 6 heteroatoms. The largest absolute Gasteiger partial charge is 0.490 e. The molecule has 6 nitrogen and oxygen atoms in total. The van der Waals surface area contributed by atoms with Crippen LogP contribution in [0.25, 0.3) is 0 Å². The normalized spacial score (nSPS) is 20.3. The van der Waals surface area contributed by atoms with E-state index in [9.17, 15) is 4.79 Å². The quantitative estimate of drug-likeness (QED) is 0.395. The van der Waals surface area contributed by atoms with Crippen molar-refractivity contribution >= 4 is 5.97 Å². The number of allylic oxidation sites excluding steroid dienone is 1. The Balaban J connectivity index is 1.60. The minimum absolute atomic E-state index is 0.0541. The first kappa shape index (κ1) is 19.7. The molecule has 27 heavy (non-hydrogen) atoms. The number of carbonyl (C=O) groups excluding carboxylic acids is 1. The van der Waals surface area contributed by atoms with Crippen molar-refractivity contribution in [2.75, 3.05) is 46.6 Å². The van der Waals surface area contributed by atoms with Gasteiger partial charge in [-0.2, -0.15) is 0 Å². The summed E-state index contributed by atoms with van der Waals surface area (Å²) in [6.07, 6.45) is 8.43. The van der Waals surface area contributed by atoms with Crippen molar-refractivity contribution in [3.63, 3.8) is 0 Å². The number of nitrogens with zero attached hydrogens (tertiary/aromatic N) is 1. The third-order valence-corrected chi connectivity index (χ3v) is 4.83. The summed E-state index contributed by atoms with van der Waals surface area (Å²) in [5, 5.41) is 0. The predicted molar refractivity (Wildman–Crippen MR) is 103 cm³/mol. The fourth-order valence-corrected chi connectivity index (χ4v) is 3.30. The van der Waals surface area contributed by atoms with Crippen LogP contribution in [0.15, 0.2) is 30.4 Å². The molecule has 1 aliphatic carbocycles. The van der Waals surface area contributed by atoms with Crippen LogP contribution in [-0.4, -0.2) is 63.5 Å². The molecule has 1 heterocycles. The van der Waals surface area contributed by atoms with Gasteiger partial charge in [-0.25, -0.2) is 4.79 Å². The number of ether oxygens (including phenoxy) is 4. The minimum atomic E-state index is -0.378. The van der Waals surface area contributed by atoms with Gasteiger partial charge in [-0.3, -0.25) is 4.90 Å². The van der Waals surface area contributed by atoms with E-state index >= 15 is 0 Å². The summed E-state index contributed by atoms with van der Waals surface area (Å²) in [5.41, 5.74) is 0.465. The monoisotopic (exact) mass is 375 g/mol. The van der Waals surface area contributed by atoms with Crippen molar-refractivity contribution in [3.8, 4) is 11.5 Å². The van der Waals surface area contributed by atoms with Gasteiger partial charge in [0.15, 0.2) is 11.5 Å². The van der Waals surface area contributed by atoms with Gasteiger partial charge in [0, 0.05) is 19.6 Å². The molecule has 0 radical (unpaired) electrons. The lowest BCUT2D eigenvalue weighted by atomic mass is 10.1. The molecule has 1 unspecified atom stereocenters. The minimum Gasteiger partial charge on any atom is -0.490 e.